The molecule has 1 heterocycles. The topological polar surface area (TPSA) is 98.8 Å². The average molecular weight is 457 g/mol. The average Bonchev–Trinajstić information content (AvgIpc) is 3.00. The highest BCUT2D eigenvalue weighted by atomic mass is 16.5. The molecular weight excluding hydrogens is 428 g/mol. The fourth-order valence-electron chi connectivity index (χ4n) is 3.39. The molecule has 0 spiro atoms. The summed E-state index contributed by atoms with van der Waals surface area (Å²) in [6.45, 7) is 9.87. The van der Waals surface area contributed by atoms with Crippen LogP contribution in [-0.2, 0) is 9.47 Å². The van der Waals surface area contributed by atoms with Crippen LogP contribution in [0.25, 0.3) is 21.7 Å². The van der Waals surface area contributed by atoms with Crippen LogP contribution in [0.2, 0.25) is 0 Å². The number of aromatic nitrogens is 1. The van der Waals surface area contributed by atoms with Crippen molar-refractivity contribution in [1.29, 1.82) is 0 Å². The van der Waals surface area contributed by atoms with Gasteiger partial charge in [-0.25, -0.2) is 0 Å². The third-order valence-corrected chi connectivity index (χ3v) is 5.48. The summed E-state index contributed by atoms with van der Waals surface area (Å²) in [4.78, 5) is 17.9. The first-order valence-electron chi connectivity index (χ1n) is 10.6. The van der Waals surface area contributed by atoms with E-state index in [0.29, 0.717) is 39.9 Å². The van der Waals surface area contributed by atoms with Crippen LogP contribution in [0.5, 0.6) is 0 Å². The number of fused-ring (bicyclic) bond motifs is 2. The Balaban J connectivity index is 2.04. The van der Waals surface area contributed by atoms with Gasteiger partial charge < -0.3 is 20.6 Å². The Bertz CT molecular complexity index is 1400. The summed E-state index contributed by atoms with van der Waals surface area (Å²) in [6.07, 6.45) is 6.81. The lowest BCUT2D eigenvalue weighted by molar-refractivity contribution is 0.289. The number of anilines is 1. The van der Waals surface area contributed by atoms with Gasteiger partial charge in [0.1, 0.15) is 5.76 Å². The van der Waals surface area contributed by atoms with Gasteiger partial charge in [0.15, 0.2) is 5.43 Å². The Morgan fingerprint density at radius 2 is 1.91 bits per heavy atom. The SMILES string of the molecule is C=C/C(=N\N)c1cnc2ccc3ccc(NCC(/C=C\C(=C)OC)=C(/C)OC)cc3c(=O)c2c1. The zero-order chi connectivity index (χ0) is 24.7. The van der Waals surface area contributed by atoms with Crippen molar-refractivity contribution in [3.8, 4) is 0 Å². The molecule has 0 aliphatic heterocycles. The molecule has 3 rings (SSSR count). The summed E-state index contributed by atoms with van der Waals surface area (Å²) in [5.74, 6) is 6.74. The van der Waals surface area contributed by atoms with E-state index in [1.807, 2.05) is 43.3 Å². The Labute approximate surface area is 198 Å². The number of nitrogens with zero attached hydrogens (tertiary/aromatic N) is 2. The number of pyridine rings is 1. The van der Waals surface area contributed by atoms with Crippen LogP contribution < -0.4 is 16.6 Å². The van der Waals surface area contributed by atoms with E-state index < -0.39 is 0 Å². The maximum atomic E-state index is 13.5. The second kappa shape index (κ2) is 11.0. The molecule has 0 saturated heterocycles. The minimum atomic E-state index is -0.131. The van der Waals surface area contributed by atoms with Crippen molar-refractivity contribution in [3.05, 3.63) is 107 Å². The van der Waals surface area contributed by atoms with Crippen molar-refractivity contribution < 1.29 is 9.47 Å². The van der Waals surface area contributed by atoms with E-state index in [9.17, 15) is 4.79 Å². The molecule has 2 aromatic carbocycles. The lowest BCUT2D eigenvalue weighted by atomic mass is 10.1. The second-order valence-corrected chi connectivity index (χ2v) is 7.48. The number of allylic oxidation sites excluding steroid dienone is 3. The first-order valence-corrected chi connectivity index (χ1v) is 10.6. The van der Waals surface area contributed by atoms with Crippen molar-refractivity contribution in [2.75, 3.05) is 26.1 Å². The Kier molecular flexibility index (Phi) is 7.82. The third-order valence-electron chi connectivity index (χ3n) is 5.48. The monoisotopic (exact) mass is 456 g/mol. The molecule has 1 aromatic heterocycles. The van der Waals surface area contributed by atoms with Crippen molar-refractivity contribution in [3.63, 3.8) is 0 Å². The minimum Gasteiger partial charge on any atom is -0.501 e. The molecule has 0 aliphatic carbocycles. The molecule has 0 atom stereocenters. The zero-order valence-electron chi connectivity index (χ0n) is 19.6. The number of nitrogens with one attached hydrogen (secondary N) is 1. The highest BCUT2D eigenvalue weighted by molar-refractivity contribution is 6.09. The summed E-state index contributed by atoms with van der Waals surface area (Å²) < 4.78 is 10.5. The molecule has 174 valence electrons. The number of nitrogens with two attached hydrogens (primary N) is 1. The van der Waals surface area contributed by atoms with Crippen LogP contribution in [0.15, 0.2) is 101 Å². The molecular formula is C27H28N4O3. The highest BCUT2D eigenvalue weighted by Crippen LogP contribution is 2.20. The third kappa shape index (κ3) is 5.32. The second-order valence-electron chi connectivity index (χ2n) is 7.48. The molecule has 0 saturated carbocycles. The summed E-state index contributed by atoms with van der Waals surface area (Å²) in [6, 6.07) is 11.1. The lowest BCUT2D eigenvalue weighted by Gasteiger charge is -2.11. The normalized spacial score (nSPS) is 12.5. The van der Waals surface area contributed by atoms with Gasteiger partial charge in [0.2, 0.25) is 0 Å². The van der Waals surface area contributed by atoms with E-state index >= 15 is 0 Å². The van der Waals surface area contributed by atoms with E-state index in [2.05, 4.69) is 28.6 Å². The molecule has 7 nitrogen and oxygen atoms in total. The minimum absolute atomic E-state index is 0.131. The Morgan fingerprint density at radius 1 is 1.15 bits per heavy atom. The van der Waals surface area contributed by atoms with Gasteiger partial charge in [0.25, 0.3) is 0 Å². The van der Waals surface area contributed by atoms with Crippen molar-refractivity contribution >= 4 is 33.1 Å². The van der Waals surface area contributed by atoms with Crippen molar-refractivity contribution in [2.45, 2.75) is 6.92 Å². The molecule has 0 aliphatic rings. The predicted molar refractivity (Wildman–Crippen MR) is 140 cm³/mol. The van der Waals surface area contributed by atoms with Gasteiger partial charge in [-0.3, -0.25) is 9.78 Å². The number of hydrogen-bond donors (Lipinski definition) is 2. The fourth-order valence-corrected chi connectivity index (χ4v) is 3.39. The van der Waals surface area contributed by atoms with Crippen LogP contribution in [0.4, 0.5) is 5.69 Å². The quantitative estimate of drug-likeness (QED) is 0.160. The van der Waals surface area contributed by atoms with E-state index in [1.54, 1.807) is 32.6 Å². The number of rotatable bonds is 9. The molecule has 0 bridgehead atoms. The summed E-state index contributed by atoms with van der Waals surface area (Å²) in [7, 11) is 3.19. The van der Waals surface area contributed by atoms with E-state index in [1.165, 1.54) is 6.08 Å². The Morgan fingerprint density at radius 3 is 2.59 bits per heavy atom. The van der Waals surface area contributed by atoms with Crippen LogP contribution in [0.1, 0.15) is 12.5 Å². The zero-order valence-corrected chi connectivity index (χ0v) is 19.6. The molecule has 0 radical (unpaired) electrons. The standard InChI is InChI=1S/C27H28N4O3/c1-6-25(31-28)21-13-24-26(30-16-21)12-10-19-9-11-22(14-23(19)27(24)32)29-15-20(18(3)34-5)8-7-17(2)33-4/h6-14,16,29H,1-2,15,28H2,3-5H3/b8-7-,20-18-,31-25+. The molecule has 0 unspecified atom stereocenters. The van der Waals surface area contributed by atoms with Gasteiger partial charge >= 0.3 is 0 Å². The van der Waals surface area contributed by atoms with Gasteiger partial charge in [-0.05, 0) is 48.7 Å². The van der Waals surface area contributed by atoms with E-state index in [-0.39, 0.29) is 5.43 Å². The van der Waals surface area contributed by atoms with Gasteiger partial charge in [0, 0.05) is 40.3 Å². The number of hydrogen-bond acceptors (Lipinski definition) is 7. The highest BCUT2D eigenvalue weighted by Gasteiger charge is 2.08. The molecule has 0 amide bonds. The van der Waals surface area contributed by atoms with Gasteiger partial charge in [-0.1, -0.05) is 31.4 Å². The maximum Gasteiger partial charge on any atom is 0.195 e. The predicted octanol–water partition coefficient (Wildman–Crippen LogP) is 4.65. The van der Waals surface area contributed by atoms with Gasteiger partial charge in [-0.2, -0.15) is 5.10 Å². The molecule has 3 aromatic rings. The van der Waals surface area contributed by atoms with Crippen LogP contribution in [-0.4, -0.2) is 31.5 Å². The number of methoxy groups -OCH3 is 2. The number of ether oxygens (including phenoxy) is 2. The summed E-state index contributed by atoms with van der Waals surface area (Å²) in [5.41, 5.74) is 3.26. The first kappa shape index (κ1) is 24.3. The van der Waals surface area contributed by atoms with Gasteiger partial charge in [0.05, 0.1) is 31.2 Å². The van der Waals surface area contributed by atoms with E-state index in [4.69, 9.17) is 15.3 Å². The summed E-state index contributed by atoms with van der Waals surface area (Å²) >= 11 is 0. The summed E-state index contributed by atoms with van der Waals surface area (Å²) in [5, 5.41) is 8.93. The molecule has 3 N–H and O–H groups in total. The van der Waals surface area contributed by atoms with Crippen molar-refractivity contribution in [2.24, 2.45) is 10.9 Å². The Hall–Kier alpha value is -4.39. The largest absolute Gasteiger partial charge is 0.501 e. The van der Waals surface area contributed by atoms with Crippen molar-refractivity contribution in [1.82, 2.24) is 4.98 Å². The van der Waals surface area contributed by atoms with E-state index in [0.717, 1.165) is 22.4 Å². The molecule has 7 heteroatoms. The first-order chi connectivity index (χ1) is 16.4. The van der Waals surface area contributed by atoms with Crippen LogP contribution in [0, 0.1) is 0 Å². The smallest absolute Gasteiger partial charge is 0.195 e. The van der Waals surface area contributed by atoms with Crippen LogP contribution in [0.3, 0.4) is 0 Å². The van der Waals surface area contributed by atoms with Crippen LogP contribution >= 0.6 is 0 Å². The fraction of sp³-hybridized carbons (Fsp3) is 0.148. The number of hydrazone groups is 1. The molecule has 34 heavy (non-hydrogen) atoms. The number of benzene rings is 1. The lowest BCUT2D eigenvalue weighted by Crippen LogP contribution is -2.07. The maximum absolute atomic E-state index is 13.5. The molecule has 0 fully saturated rings. The van der Waals surface area contributed by atoms with Gasteiger partial charge in [-0.15, -0.1) is 0 Å².